The molecular formula is C24H41NO8P+. The fourth-order valence-electron chi connectivity index (χ4n) is 4.56. The second-order valence-corrected chi connectivity index (χ2v) is 9.78. The van der Waals surface area contributed by atoms with E-state index < -0.39 is 57.0 Å². The summed E-state index contributed by atoms with van der Waals surface area (Å²) in [6.07, 6.45) is 13.7. The smallest absolute Gasteiger partial charge is 0.394 e. The summed E-state index contributed by atoms with van der Waals surface area (Å²) < 4.78 is 28.2. The Morgan fingerprint density at radius 1 is 0.971 bits per heavy atom. The number of hydrogen-bond donors (Lipinski definition) is 3. The Kier molecular flexibility index (Phi) is 14.0. The van der Waals surface area contributed by atoms with Crippen LogP contribution in [0.4, 0.5) is 0 Å². The predicted octanol–water partition coefficient (Wildman–Crippen LogP) is 3.70. The van der Waals surface area contributed by atoms with Gasteiger partial charge in [-0.15, -0.1) is 9.42 Å². The summed E-state index contributed by atoms with van der Waals surface area (Å²) in [5.74, 6) is -1.88. The van der Waals surface area contributed by atoms with Crippen molar-refractivity contribution >= 4 is 20.1 Å². The number of unbranched alkanes of at least 4 members (excludes halogenated alkanes) is 11. The molecule has 2 amide bonds. The van der Waals surface area contributed by atoms with Crippen molar-refractivity contribution < 1.29 is 38.2 Å². The fourth-order valence-corrected chi connectivity index (χ4v) is 5.02. The fraction of sp³-hybridized carbons (Fsp3) is 0.833. The lowest BCUT2D eigenvalue weighted by Gasteiger charge is -2.26. The van der Waals surface area contributed by atoms with Crippen LogP contribution in [0, 0.1) is 5.92 Å². The Bertz CT molecular complexity index is 673. The van der Waals surface area contributed by atoms with Crippen LogP contribution in [0.3, 0.4) is 0 Å². The molecule has 1 saturated heterocycles. The van der Waals surface area contributed by atoms with Crippen molar-refractivity contribution in [2.45, 2.75) is 108 Å². The van der Waals surface area contributed by atoms with Gasteiger partial charge < -0.3 is 14.6 Å². The summed E-state index contributed by atoms with van der Waals surface area (Å²) in [7, 11) is -2.96. The van der Waals surface area contributed by atoms with E-state index in [1.165, 1.54) is 69.9 Å². The highest BCUT2D eigenvalue weighted by molar-refractivity contribution is 7.32. The topological polar surface area (TPSA) is 131 Å². The molecule has 9 nitrogen and oxygen atoms in total. The molecule has 0 radical (unpaired) electrons. The number of aliphatic hydroxyl groups excluding tert-OH is 1. The van der Waals surface area contributed by atoms with Crippen LogP contribution in [0.25, 0.3) is 0 Å². The molecular weight excluding hydrogens is 461 g/mol. The molecule has 0 spiro atoms. The molecule has 2 aliphatic heterocycles. The molecule has 2 heterocycles. The van der Waals surface area contributed by atoms with Crippen LogP contribution < -0.4 is 5.32 Å². The largest absolute Gasteiger partial charge is 0.695 e. The predicted molar refractivity (Wildman–Crippen MR) is 127 cm³/mol. The van der Waals surface area contributed by atoms with Crippen LogP contribution in [-0.2, 0) is 28.2 Å². The first kappa shape index (κ1) is 29.0. The van der Waals surface area contributed by atoms with Crippen LogP contribution in [0.2, 0.25) is 0 Å². The average molecular weight is 503 g/mol. The summed E-state index contributed by atoms with van der Waals surface area (Å²) in [6.45, 7) is 2.15. The minimum absolute atomic E-state index is 0.374. The maximum Gasteiger partial charge on any atom is 0.695 e. The number of ether oxygens (including phenoxy) is 2. The van der Waals surface area contributed by atoms with E-state index in [2.05, 4.69) is 12.2 Å². The molecule has 0 aromatic carbocycles. The van der Waals surface area contributed by atoms with Gasteiger partial charge in [-0.25, -0.2) is 0 Å². The van der Waals surface area contributed by atoms with Gasteiger partial charge in [0, 0.05) is 17.2 Å². The summed E-state index contributed by atoms with van der Waals surface area (Å²) in [4.78, 5) is 33.0. The molecule has 0 aromatic heterocycles. The second-order valence-electron chi connectivity index (χ2n) is 9.09. The average Bonchev–Trinajstić information content (AvgIpc) is 3.13. The van der Waals surface area contributed by atoms with Gasteiger partial charge in [0.05, 0.1) is 12.5 Å². The molecule has 6 atom stereocenters. The molecule has 0 aromatic rings. The molecule has 3 N–H and O–H groups in total. The Balaban J connectivity index is 1.75. The van der Waals surface area contributed by atoms with E-state index in [0.717, 1.165) is 19.3 Å². The van der Waals surface area contributed by atoms with E-state index in [1.54, 1.807) is 0 Å². The van der Waals surface area contributed by atoms with Gasteiger partial charge >= 0.3 is 8.25 Å². The van der Waals surface area contributed by atoms with E-state index in [0.29, 0.717) is 6.61 Å². The zero-order chi connectivity index (χ0) is 24.8. The van der Waals surface area contributed by atoms with Crippen molar-refractivity contribution in [3.8, 4) is 0 Å². The molecule has 1 fully saturated rings. The van der Waals surface area contributed by atoms with Gasteiger partial charge in [-0.2, -0.15) is 0 Å². The van der Waals surface area contributed by atoms with E-state index >= 15 is 0 Å². The van der Waals surface area contributed by atoms with Crippen molar-refractivity contribution in [1.82, 2.24) is 5.32 Å². The number of carbonyl (C=O) groups excluding carboxylic acids is 2. The zero-order valence-corrected chi connectivity index (χ0v) is 21.1. The molecule has 3 unspecified atom stereocenters. The zero-order valence-electron chi connectivity index (χ0n) is 20.2. The van der Waals surface area contributed by atoms with E-state index in [-0.39, 0.29) is 0 Å². The number of amides is 2. The SMILES string of the molecule is CCCCCCCCCCCCCCO[C@H]1C(O[P+](=O)O)[C@@H](CO)O[C@H]1C1C=CC(=O)NC1=O. The van der Waals surface area contributed by atoms with Crippen molar-refractivity contribution in [3.05, 3.63) is 12.2 Å². The lowest BCUT2D eigenvalue weighted by atomic mass is 9.93. The van der Waals surface area contributed by atoms with Crippen LogP contribution in [0.1, 0.15) is 84.0 Å². The number of hydrogen-bond acceptors (Lipinski definition) is 7. The number of nitrogens with one attached hydrogen (secondary N) is 1. The van der Waals surface area contributed by atoms with Gasteiger partial charge in [0.2, 0.25) is 11.8 Å². The van der Waals surface area contributed by atoms with Gasteiger partial charge in [0.15, 0.2) is 6.10 Å². The Morgan fingerprint density at radius 3 is 2.09 bits per heavy atom. The van der Waals surface area contributed by atoms with Gasteiger partial charge in [-0.1, -0.05) is 83.6 Å². The van der Waals surface area contributed by atoms with Crippen molar-refractivity contribution in [2.75, 3.05) is 13.2 Å². The standard InChI is InChI=1S/C24H40NO8P/c1-2-3-4-5-6-7-8-9-10-11-12-13-16-31-23-21(18-14-15-20(27)25-24(18)28)32-19(17-26)22(23)33-34(29)30/h14-15,18-19,21-23,26H,2-13,16-17H2,1H3,(H-,25,27,28,29,30)/p+1/t18?,19-,21+,22?,23-/m1/s1. The molecule has 0 saturated carbocycles. The molecule has 10 heteroatoms. The monoisotopic (exact) mass is 502 g/mol. The third kappa shape index (κ3) is 9.80. The third-order valence-electron chi connectivity index (χ3n) is 6.40. The minimum atomic E-state index is -2.96. The summed E-state index contributed by atoms with van der Waals surface area (Å²) >= 11 is 0. The van der Waals surface area contributed by atoms with Crippen LogP contribution in [-0.4, -0.2) is 59.4 Å². The summed E-state index contributed by atoms with van der Waals surface area (Å²) in [6, 6.07) is 0. The first-order valence-corrected chi connectivity index (χ1v) is 13.8. The maximum atomic E-state index is 12.3. The van der Waals surface area contributed by atoms with Gasteiger partial charge in [-0.05, 0) is 6.42 Å². The molecule has 0 bridgehead atoms. The highest BCUT2D eigenvalue weighted by atomic mass is 31.1. The van der Waals surface area contributed by atoms with Gasteiger partial charge in [-0.3, -0.25) is 14.9 Å². The van der Waals surface area contributed by atoms with Gasteiger partial charge in [0.1, 0.15) is 18.3 Å². The third-order valence-corrected chi connectivity index (χ3v) is 6.83. The normalized spacial score (nSPS) is 27.3. The highest BCUT2D eigenvalue weighted by Crippen LogP contribution is 2.36. The Labute approximate surface area is 203 Å². The maximum absolute atomic E-state index is 12.3. The van der Waals surface area contributed by atoms with Crippen molar-refractivity contribution in [2.24, 2.45) is 5.92 Å². The minimum Gasteiger partial charge on any atom is -0.394 e. The molecule has 194 valence electrons. The molecule has 0 aliphatic carbocycles. The molecule has 2 rings (SSSR count). The quantitative estimate of drug-likeness (QED) is 0.147. The number of imide groups is 1. The van der Waals surface area contributed by atoms with Crippen LogP contribution in [0.15, 0.2) is 12.2 Å². The Hall–Kier alpha value is -1.22. The lowest BCUT2D eigenvalue weighted by molar-refractivity contribution is -0.136. The highest BCUT2D eigenvalue weighted by Gasteiger charge is 2.54. The summed E-state index contributed by atoms with van der Waals surface area (Å²) in [5, 5.41) is 11.9. The Morgan fingerprint density at radius 2 is 1.56 bits per heavy atom. The van der Waals surface area contributed by atoms with E-state index in [1.807, 2.05) is 0 Å². The first-order valence-electron chi connectivity index (χ1n) is 12.7. The number of carbonyl (C=O) groups is 2. The van der Waals surface area contributed by atoms with E-state index in [4.69, 9.17) is 14.0 Å². The van der Waals surface area contributed by atoms with Crippen LogP contribution in [0.5, 0.6) is 0 Å². The summed E-state index contributed by atoms with van der Waals surface area (Å²) in [5.41, 5.74) is 0. The first-order chi connectivity index (χ1) is 16.5. The van der Waals surface area contributed by atoms with Crippen molar-refractivity contribution in [1.29, 1.82) is 0 Å². The second kappa shape index (κ2) is 16.5. The number of aliphatic hydroxyl groups is 1. The number of rotatable bonds is 18. The molecule has 34 heavy (non-hydrogen) atoms. The van der Waals surface area contributed by atoms with E-state index in [9.17, 15) is 24.2 Å². The van der Waals surface area contributed by atoms with Gasteiger partial charge in [0.25, 0.3) is 0 Å². The lowest BCUT2D eigenvalue weighted by Crippen LogP contribution is -2.47. The molecule has 2 aliphatic rings. The van der Waals surface area contributed by atoms with Crippen molar-refractivity contribution in [3.63, 3.8) is 0 Å². The van der Waals surface area contributed by atoms with Crippen LogP contribution >= 0.6 is 8.25 Å².